The van der Waals surface area contributed by atoms with Crippen molar-refractivity contribution >= 4 is 5.69 Å². The molecule has 0 N–H and O–H groups in total. The molecule has 0 heterocycles. The minimum absolute atomic E-state index is 0. The standard InChI is InChI=1S/C9H11N3.C2H6.CH4/c1-7(2)8-4-3-5-9(6-8)11-12-10;1-2;/h3-7H,1-2H3;1-2H3;1H4. The molecule has 0 saturated heterocycles. The molecule has 0 spiro atoms. The third kappa shape index (κ3) is 5.76. The summed E-state index contributed by atoms with van der Waals surface area (Å²) in [5.41, 5.74) is 10.1. The van der Waals surface area contributed by atoms with E-state index >= 15 is 0 Å². The molecule has 0 aliphatic carbocycles. The van der Waals surface area contributed by atoms with Crippen LogP contribution < -0.4 is 0 Å². The van der Waals surface area contributed by atoms with Gasteiger partial charge < -0.3 is 0 Å². The molecule has 0 amide bonds. The van der Waals surface area contributed by atoms with Gasteiger partial charge >= 0.3 is 0 Å². The van der Waals surface area contributed by atoms with E-state index in [1.165, 1.54) is 5.56 Å². The molecular formula is C12H21N3. The molecular weight excluding hydrogens is 186 g/mol. The molecule has 84 valence electrons. The summed E-state index contributed by atoms with van der Waals surface area (Å²) in [6.07, 6.45) is 0. The van der Waals surface area contributed by atoms with Crippen LogP contribution in [0.15, 0.2) is 29.4 Å². The predicted octanol–water partition coefficient (Wildman–Crippen LogP) is 5.41. The van der Waals surface area contributed by atoms with Crippen molar-refractivity contribution in [3.8, 4) is 0 Å². The van der Waals surface area contributed by atoms with Gasteiger partial charge in [0, 0.05) is 10.6 Å². The molecule has 15 heavy (non-hydrogen) atoms. The molecule has 0 aliphatic rings. The van der Waals surface area contributed by atoms with Gasteiger partial charge in [0.1, 0.15) is 0 Å². The van der Waals surface area contributed by atoms with E-state index in [9.17, 15) is 0 Å². The molecule has 1 aromatic carbocycles. The highest BCUT2D eigenvalue weighted by Crippen LogP contribution is 2.20. The third-order valence-corrected chi connectivity index (χ3v) is 1.70. The Kier molecular flexibility index (Phi) is 9.69. The maximum atomic E-state index is 8.21. The lowest BCUT2D eigenvalue weighted by molar-refractivity contribution is 0.867. The summed E-state index contributed by atoms with van der Waals surface area (Å²) in [6.45, 7) is 8.21. The Bertz CT molecular complexity index is 312. The fourth-order valence-electron chi connectivity index (χ4n) is 0.998. The van der Waals surface area contributed by atoms with Crippen molar-refractivity contribution in [2.24, 2.45) is 5.11 Å². The summed E-state index contributed by atoms with van der Waals surface area (Å²) >= 11 is 0. The van der Waals surface area contributed by atoms with E-state index in [1.807, 2.05) is 32.0 Å². The Morgan fingerprint density at radius 1 is 1.27 bits per heavy atom. The highest BCUT2D eigenvalue weighted by molar-refractivity contribution is 5.40. The van der Waals surface area contributed by atoms with Gasteiger partial charge in [-0.2, -0.15) is 0 Å². The molecule has 0 bridgehead atoms. The molecule has 0 atom stereocenters. The predicted molar refractivity (Wildman–Crippen MR) is 67.4 cm³/mol. The molecule has 1 rings (SSSR count). The lowest BCUT2D eigenvalue weighted by Crippen LogP contribution is -1.84. The fourth-order valence-corrected chi connectivity index (χ4v) is 0.998. The Labute approximate surface area is 92.8 Å². The number of nitrogens with zero attached hydrogens (tertiary/aromatic N) is 3. The monoisotopic (exact) mass is 207 g/mol. The first-order valence-corrected chi connectivity index (χ1v) is 4.89. The second-order valence-electron chi connectivity index (χ2n) is 2.94. The average Bonchev–Trinajstić information content (AvgIpc) is 2.22. The van der Waals surface area contributed by atoms with Gasteiger partial charge in [-0.25, -0.2) is 0 Å². The quantitative estimate of drug-likeness (QED) is 0.353. The van der Waals surface area contributed by atoms with Gasteiger partial charge in [0.15, 0.2) is 0 Å². The SMILES string of the molecule is C.CC.CC(C)c1cccc(N=[N+]=[N-])c1. The zero-order valence-corrected chi connectivity index (χ0v) is 9.23. The van der Waals surface area contributed by atoms with Gasteiger partial charge in [0.05, 0.1) is 0 Å². The van der Waals surface area contributed by atoms with Crippen LogP contribution in [-0.4, -0.2) is 0 Å². The molecule has 3 heteroatoms. The number of benzene rings is 1. The summed E-state index contributed by atoms with van der Waals surface area (Å²) in [4.78, 5) is 2.73. The van der Waals surface area contributed by atoms with Crippen molar-refractivity contribution in [2.75, 3.05) is 0 Å². The molecule has 0 fully saturated rings. The number of hydrogen-bond donors (Lipinski definition) is 0. The van der Waals surface area contributed by atoms with Gasteiger partial charge in [-0.05, 0) is 23.1 Å². The summed E-state index contributed by atoms with van der Waals surface area (Å²) in [5, 5.41) is 3.53. The number of rotatable bonds is 2. The van der Waals surface area contributed by atoms with Gasteiger partial charge in [-0.1, -0.05) is 58.4 Å². The highest BCUT2D eigenvalue weighted by Gasteiger charge is 1.97. The van der Waals surface area contributed by atoms with Crippen LogP contribution in [0.3, 0.4) is 0 Å². The maximum absolute atomic E-state index is 8.21. The maximum Gasteiger partial charge on any atom is 0.0378 e. The van der Waals surface area contributed by atoms with Crippen LogP contribution in [0.2, 0.25) is 0 Å². The minimum Gasteiger partial charge on any atom is -0.0776 e. The lowest BCUT2D eigenvalue weighted by Gasteiger charge is -2.04. The molecule has 1 aromatic rings. The number of hydrogen-bond acceptors (Lipinski definition) is 1. The summed E-state index contributed by atoms with van der Waals surface area (Å²) < 4.78 is 0. The highest BCUT2D eigenvalue weighted by atomic mass is 15.1. The zero-order chi connectivity index (χ0) is 11.0. The molecule has 3 nitrogen and oxygen atoms in total. The topological polar surface area (TPSA) is 48.8 Å². The van der Waals surface area contributed by atoms with E-state index in [0.29, 0.717) is 11.6 Å². The first-order chi connectivity index (χ1) is 6.74. The van der Waals surface area contributed by atoms with E-state index in [0.717, 1.165) is 0 Å². The molecule has 0 saturated carbocycles. The number of azide groups is 1. The van der Waals surface area contributed by atoms with E-state index in [4.69, 9.17) is 5.53 Å². The van der Waals surface area contributed by atoms with Crippen LogP contribution in [0.4, 0.5) is 5.69 Å². The molecule has 0 aliphatic heterocycles. The lowest BCUT2D eigenvalue weighted by atomic mass is 10.0. The summed E-state index contributed by atoms with van der Waals surface area (Å²) in [7, 11) is 0. The van der Waals surface area contributed by atoms with E-state index < -0.39 is 0 Å². The fraction of sp³-hybridized carbons (Fsp3) is 0.500. The van der Waals surface area contributed by atoms with Crippen LogP contribution in [0, 0.1) is 0 Å². The van der Waals surface area contributed by atoms with E-state index in [1.54, 1.807) is 6.07 Å². The Morgan fingerprint density at radius 2 is 1.87 bits per heavy atom. The van der Waals surface area contributed by atoms with Gasteiger partial charge in [0.25, 0.3) is 0 Å². The molecule has 0 radical (unpaired) electrons. The van der Waals surface area contributed by atoms with Crippen LogP contribution >= 0.6 is 0 Å². The smallest absolute Gasteiger partial charge is 0.0378 e. The van der Waals surface area contributed by atoms with E-state index in [2.05, 4.69) is 23.9 Å². The Balaban J connectivity index is 0. The third-order valence-electron chi connectivity index (χ3n) is 1.70. The first kappa shape index (κ1) is 16.0. The second kappa shape index (κ2) is 9.10. The van der Waals surface area contributed by atoms with Crippen LogP contribution in [-0.2, 0) is 0 Å². The van der Waals surface area contributed by atoms with Crippen LogP contribution in [0.25, 0.3) is 10.4 Å². The van der Waals surface area contributed by atoms with Crippen molar-refractivity contribution in [2.45, 2.75) is 41.0 Å². The second-order valence-corrected chi connectivity index (χ2v) is 2.94. The van der Waals surface area contributed by atoms with Gasteiger partial charge in [-0.15, -0.1) is 0 Å². The summed E-state index contributed by atoms with van der Waals surface area (Å²) in [5.74, 6) is 0.471. The Hall–Kier alpha value is -1.47. The van der Waals surface area contributed by atoms with Crippen molar-refractivity contribution in [3.05, 3.63) is 40.3 Å². The van der Waals surface area contributed by atoms with E-state index in [-0.39, 0.29) is 7.43 Å². The van der Waals surface area contributed by atoms with Crippen molar-refractivity contribution < 1.29 is 0 Å². The average molecular weight is 207 g/mol. The minimum atomic E-state index is 0. The van der Waals surface area contributed by atoms with Crippen molar-refractivity contribution in [3.63, 3.8) is 0 Å². The largest absolute Gasteiger partial charge is 0.0776 e. The van der Waals surface area contributed by atoms with Crippen LogP contribution in [0.5, 0.6) is 0 Å². The molecule has 0 aromatic heterocycles. The Morgan fingerprint density at radius 3 is 2.33 bits per heavy atom. The van der Waals surface area contributed by atoms with Crippen LogP contribution in [0.1, 0.15) is 46.6 Å². The normalized spacial score (nSPS) is 8.07. The molecule has 0 unspecified atom stereocenters. The van der Waals surface area contributed by atoms with Gasteiger partial charge in [-0.3, -0.25) is 0 Å². The zero-order valence-electron chi connectivity index (χ0n) is 9.23. The van der Waals surface area contributed by atoms with Crippen molar-refractivity contribution in [1.82, 2.24) is 0 Å². The summed E-state index contributed by atoms with van der Waals surface area (Å²) in [6, 6.07) is 7.64. The van der Waals surface area contributed by atoms with Gasteiger partial charge in [0.2, 0.25) is 0 Å². The van der Waals surface area contributed by atoms with Crippen molar-refractivity contribution in [1.29, 1.82) is 0 Å². The first-order valence-electron chi connectivity index (χ1n) is 4.89.